The number of nitrogens with one attached hydrogen (secondary N) is 1. The lowest BCUT2D eigenvalue weighted by molar-refractivity contribution is -0.123. The Hall–Kier alpha value is -2.21. The van der Waals surface area contributed by atoms with Crippen molar-refractivity contribution in [1.82, 2.24) is 14.9 Å². The minimum Gasteiger partial charge on any atom is -0.349 e. The van der Waals surface area contributed by atoms with Gasteiger partial charge in [0, 0.05) is 19.5 Å². The molecule has 1 aliphatic carbocycles. The van der Waals surface area contributed by atoms with Crippen LogP contribution in [0.25, 0.3) is 10.9 Å². The Balaban J connectivity index is 1.70. The number of aromatic nitrogens is 2. The molecule has 1 saturated carbocycles. The second-order valence-electron chi connectivity index (χ2n) is 6.91. The molecule has 1 heterocycles. The molecule has 6 heteroatoms. The molecule has 0 saturated heterocycles. The topological polar surface area (TPSA) is 90.0 Å². The standard InChI is InChI=1S/C18H24N4O2/c1-12-4-3-5-14-16(12)20-11-22(17(14)24)9-8-15(23)21-18(2,10-19)13-6-7-13/h3-5,11,13H,6-10,19H2,1-2H3,(H,21,23). The fourth-order valence-corrected chi connectivity index (χ4v) is 3.14. The van der Waals surface area contributed by atoms with E-state index in [9.17, 15) is 9.59 Å². The van der Waals surface area contributed by atoms with Crippen molar-refractivity contribution in [1.29, 1.82) is 0 Å². The molecule has 0 spiro atoms. The average Bonchev–Trinajstić information content (AvgIpc) is 3.40. The molecule has 1 fully saturated rings. The van der Waals surface area contributed by atoms with Gasteiger partial charge in [-0.3, -0.25) is 14.2 Å². The van der Waals surface area contributed by atoms with Crippen molar-refractivity contribution in [2.75, 3.05) is 6.54 Å². The van der Waals surface area contributed by atoms with Gasteiger partial charge in [-0.2, -0.15) is 0 Å². The predicted molar refractivity (Wildman–Crippen MR) is 93.7 cm³/mol. The Bertz CT molecular complexity index is 825. The highest BCUT2D eigenvalue weighted by molar-refractivity contribution is 5.80. The van der Waals surface area contributed by atoms with E-state index in [4.69, 9.17) is 5.73 Å². The van der Waals surface area contributed by atoms with E-state index in [1.54, 1.807) is 6.07 Å². The van der Waals surface area contributed by atoms with E-state index in [0.29, 0.717) is 29.9 Å². The molecule has 3 rings (SSSR count). The maximum absolute atomic E-state index is 12.5. The molecule has 1 atom stereocenters. The van der Waals surface area contributed by atoms with Gasteiger partial charge in [-0.05, 0) is 44.2 Å². The van der Waals surface area contributed by atoms with Crippen molar-refractivity contribution in [3.8, 4) is 0 Å². The molecule has 2 aromatic rings. The molecule has 1 unspecified atom stereocenters. The predicted octanol–water partition coefficient (Wildman–Crippen LogP) is 1.34. The summed E-state index contributed by atoms with van der Waals surface area (Å²) in [5.41, 5.74) is 7.07. The minimum absolute atomic E-state index is 0.0777. The fraction of sp³-hybridized carbons (Fsp3) is 0.500. The van der Waals surface area contributed by atoms with Gasteiger partial charge in [-0.1, -0.05) is 12.1 Å². The maximum atomic E-state index is 12.5. The van der Waals surface area contributed by atoms with Crippen LogP contribution >= 0.6 is 0 Å². The first kappa shape index (κ1) is 16.6. The number of hydrogen-bond donors (Lipinski definition) is 2. The number of rotatable bonds is 6. The van der Waals surface area contributed by atoms with Gasteiger partial charge in [0.2, 0.25) is 5.91 Å². The molecule has 1 aliphatic rings. The number of benzene rings is 1. The number of amides is 1. The smallest absolute Gasteiger partial charge is 0.261 e. The number of para-hydroxylation sites is 1. The normalized spacial score (nSPS) is 16.8. The van der Waals surface area contributed by atoms with Crippen LogP contribution in [0.4, 0.5) is 0 Å². The summed E-state index contributed by atoms with van der Waals surface area (Å²) in [6.45, 7) is 4.67. The van der Waals surface area contributed by atoms with Gasteiger partial charge in [-0.15, -0.1) is 0 Å². The quantitative estimate of drug-likeness (QED) is 0.837. The van der Waals surface area contributed by atoms with Crippen LogP contribution in [0.2, 0.25) is 0 Å². The van der Waals surface area contributed by atoms with E-state index in [2.05, 4.69) is 10.3 Å². The van der Waals surface area contributed by atoms with Gasteiger partial charge in [0.15, 0.2) is 0 Å². The molecule has 3 N–H and O–H groups in total. The highest BCUT2D eigenvalue weighted by Gasteiger charge is 2.41. The van der Waals surface area contributed by atoms with Crippen LogP contribution in [0.5, 0.6) is 0 Å². The first-order valence-electron chi connectivity index (χ1n) is 8.40. The first-order valence-corrected chi connectivity index (χ1v) is 8.40. The lowest BCUT2D eigenvalue weighted by Crippen LogP contribution is -2.53. The number of hydrogen-bond acceptors (Lipinski definition) is 4. The minimum atomic E-state index is -0.333. The zero-order valence-electron chi connectivity index (χ0n) is 14.2. The van der Waals surface area contributed by atoms with E-state index in [1.165, 1.54) is 10.9 Å². The largest absolute Gasteiger partial charge is 0.349 e. The molecule has 0 aliphatic heterocycles. The molecule has 1 aromatic heterocycles. The monoisotopic (exact) mass is 328 g/mol. The van der Waals surface area contributed by atoms with Crippen LogP contribution in [0.3, 0.4) is 0 Å². The van der Waals surface area contributed by atoms with Crippen LogP contribution in [-0.2, 0) is 11.3 Å². The first-order chi connectivity index (χ1) is 11.4. The summed E-state index contributed by atoms with van der Waals surface area (Å²) in [5.74, 6) is 0.394. The Labute approximate surface area is 141 Å². The number of carbonyl (C=O) groups is 1. The molecule has 128 valence electrons. The Morgan fingerprint density at radius 3 is 2.88 bits per heavy atom. The molecule has 0 bridgehead atoms. The number of nitrogens with zero attached hydrogens (tertiary/aromatic N) is 2. The number of carbonyl (C=O) groups excluding carboxylic acids is 1. The van der Waals surface area contributed by atoms with Crippen LogP contribution < -0.4 is 16.6 Å². The highest BCUT2D eigenvalue weighted by Crippen LogP contribution is 2.38. The maximum Gasteiger partial charge on any atom is 0.261 e. The van der Waals surface area contributed by atoms with Gasteiger partial charge in [0.1, 0.15) is 0 Å². The second kappa shape index (κ2) is 6.36. The van der Waals surface area contributed by atoms with E-state index >= 15 is 0 Å². The van der Waals surface area contributed by atoms with E-state index in [1.807, 2.05) is 26.0 Å². The summed E-state index contributed by atoms with van der Waals surface area (Å²) in [4.78, 5) is 29.1. The SMILES string of the molecule is Cc1cccc2c(=O)n(CCC(=O)NC(C)(CN)C3CC3)cnc12. The van der Waals surface area contributed by atoms with Crippen molar-refractivity contribution in [3.05, 3.63) is 40.4 Å². The van der Waals surface area contributed by atoms with Crippen molar-refractivity contribution >= 4 is 16.8 Å². The lowest BCUT2D eigenvalue weighted by atomic mass is 9.96. The molecular formula is C18H24N4O2. The summed E-state index contributed by atoms with van der Waals surface area (Å²) >= 11 is 0. The number of nitrogens with two attached hydrogens (primary N) is 1. The van der Waals surface area contributed by atoms with Gasteiger partial charge in [-0.25, -0.2) is 4.98 Å². The van der Waals surface area contributed by atoms with Crippen LogP contribution in [-0.4, -0.2) is 27.5 Å². The Kier molecular flexibility index (Phi) is 4.41. The lowest BCUT2D eigenvalue weighted by Gasteiger charge is -2.29. The summed E-state index contributed by atoms with van der Waals surface area (Å²) in [7, 11) is 0. The van der Waals surface area contributed by atoms with Crippen molar-refractivity contribution < 1.29 is 4.79 Å². The van der Waals surface area contributed by atoms with Gasteiger partial charge < -0.3 is 11.1 Å². The van der Waals surface area contributed by atoms with Crippen LogP contribution in [0.15, 0.2) is 29.3 Å². The third-order valence-electron chi connectivity index (χ3n) is 4.96. The van der Waals surface area contributed by atoms with Gasteiger partial charge in [0.25, 0.3) is 5.56 Å². The molecule has 1 amide bonds. The van der Waals surface area contributed by atoms with Crippen molar-refractivity contribution in [3.63, 3.8) is 0 Å². The van der Waals surface area contributed by atoms with E-state index < -0.39 is 0 Å². The molecule has 1 aromatic carbocycles. The van der Waals surface area contributed by atoms with Gasteiger partial charge in [0.05, 0.1) is 22.8 Å². The van der Waals surface area contributed by atoms with E-state index in [0.717, 1.165) is 18.4 Å². The zero-order chi connectivity index (χ0) is 17.3. The summed E-state index contributed by atoms with van der Waals surface area (Å²) in [6.07, 6.45) is 3.98. The summed E-state index contributed by atoms with van der Waals surface area (Å²) in [6, 6.07) is 5.55. The third-order valence-corrected chi connectivity index (χ3v) is 4.96. The van der Waals surface area contributed by atoms with Crippen molar-refractivity contribution in [2.24, 2.45) is 11.7 Å². The summed E-state index contributed by atoms with van der Waals surface area (Å²) in [5, 5.41) is 3.63. The van der Waals surface area contributed by atoms with Crippen LogP contribution in [0, 0.1) is 12.8 Å². The second-order valence-corrected chi connectivity index (χ2v) is 6.91. The summed E-state index contributed by atoms with van der Waals surface area (Å²) < 4.78 is 1.50. The molecule has 0 radical (unpaired) electrons. The molecular weight excluding hydrogens is 304 g/mol. The number of fused-ring (bicyclic) bond motifs is 1. The van der Waals surface area contributed by atoms with Gasteiger partial charge >= 0.3 is 0 Å². The third kappa shape index (κ3) is 3.19. The van der Waals surface area contributed by atoms with Crippen molar-refractivity contribution in [2.45, 2.75) is 45.2 Å². The van der Waals surface area contributed by atoms with E-state index in [-0.39, 0.29) is 23.4 Å². The Morgan fingerprint density at radius 1 is 1.46 bits per heavy atom. The molecule has 6 nitrogen and oxygen atoms in total. The average molecular weight is 328 g/mol. The fourth-order valence-electron chi connectivity index (χ4n) is 3.14. The zero-order valence-corrected chi connectivity index (χ0v) is 14.2. The molecule has 24 heavy (non-hydrogen) atoms. The van der Waals surface area contributed by atoms with Crippen LogP contribution in [0.1, 0.15) is 31.7 Å². The number of aryl methyl sites for hydroxylation is 2. The highest BCUT2D eigenvalue weighted by atomic mass is 16.2. The Morgan fingerprint density at radius 2 is 2.21 bits per heavy atom.